The molecule has 0 radical (unpaired) electrons. The number of carboxylic acid groups (broad SMARTS) is 1. The van der Waals surface area contributed by atoms with E-state index in [0.717, 1.165) is 0 Å². The van der Waals surface area contributed by atoms with E-state index in [4.69, 9.17) is 20.4 Å². The average Bonchev–Trinajstić information content (AvgIpc) is 1.84. The Kier molecular flexibility index (Phi) is 6.69. The van der Waals surface area contributed by atoms with E-state index in [-0.39, 0.29) is 12.4 Å². The Labute approximate surface area is 63.3 Å². The van der Waals surface area contributed by atoms with E-state index in [2.05, 4.69) is 0 Å². The van der Waals surface area contributed by atoms with Crippen molar-refractivity contribution in [1.29, 1.82) is 0 Å². The molecule has 0 unspecified atom stereocenters. The molecule has 0 saturated carbocycles. The number of rotatable bonds is 3. The van der Waals surface area contributed by atoms with Gasteiger partial charge in [-0.05, 0) is 0 Å². The van der Waals surface area contributed by atoms with Crippen LogP contribution in [0.1, 0.15) is 0 Å². The summed E-state index contributed by atoms with van der Waals surface area (Å²) < 4.78 is 0. The highest BCUT2D eigenvalue weighted by Gasteiger charge is 2.21. The molecule has 5 nitrogen and oxygen atoms in total. The molecule has 0 rings (SSSR count). The fourth-order valence-corrected chi connectivity index (χ4v) is 0.264. The van der Waals surface area contributed by atoms with E-state index >= 15 is 0 Å². The molecule has 0 aliphatic rings. The first-order chi connectivity index (χ1) is 4.09. The number of hydrogen-bond donors (Lipinski definition) is 4. The fourth-order valence-electron chi connectivity index (χ4n) is 0.264. The third-order valence-corrected chi connectivity index (χ3v) is 0.805. The number of aliphatic hydroxyl groups is 3. The molecule has 6 heteroatoms. The van der Waals surface area contributed by atoms with Crippen LogP contribution in [-0.2, 0) is 4.79 Å². The highest BCUT2D eigenvalue weighted by molar-refractivity contribution is 5.85. The lowest BCUT2D eigenvalue weighted by Crippen LogP contribution is -2.36. The Morgan fingerprint density at radius 3 is 1.90 bits per heavy atom. The van der Waals surface area contributed by atoms with Crippen LogP contribution in [0.3, 0.4) is 0 Å². The van der Waals surface area contributed by atoms with Crippen LogP contribution in [0.15, 0.2) is 0 Å². The first kappa shape index (κ1) is 12.3. The zero-order valence-corrected chi connectivity index (χ0v) is 5.78. The van der Waals surface area contributed by atoms with Gasteiger partial charge in [-0.15, -0.1) is 12.4 Å². The normalized spacial score (nSPS) is 15.1. The predicted molar refractivity (Wildman–Crippen MR) is 34.0 cm³/mol. The van der Waals surface area contributed by atoms with Gasteiger partial charge in [0.15, 0.2) is 6.10 Å². The minimum atomic E-state index is -1.89. The molecule has 0 aromatic carbocycles. The van der Waals surface area contributed by atoms with Crippen molar-refractivity contribution in [2.45, 2.75) is 12.2 Å². The maximum Gasteiger partial charge on any atom is 0.335 e. The molecule has 0 aliphatic heterocycles. The molecular weight excluding hydrogens is 163 g/mol. The molecule has 0 spiro atoms. The van der Waals surface area contributed by atoms with E-state index in [1.807, 2.05) is 0 Å². The largest absolute Gasteiger partial charge is 0.479 e. The minimum Gasteiger partial charge on any atom is -0.479 e. The minimum absolute atomic E-state index is 0. The molecule has 62 valence electrons. The van der Waals surface area contributed by atoms with Crippen LogP contribution in [0.5, 0.6) is 0 Å². The molecule has 4 N–H and O–H groups in total. The lowest BCUT2D eigenvalue weighted by molar-refractivity contribution is -0.154. The maximum atomic E-state index is 9.78. The van der Waals surface area contributed by atoms with Crippen molar-refractivity contribution in [3.8, 4) is 0 Å². The predicted octanol–water partition coefficient (Wildman–Crippen LogP) is -1.79. The summed E-state index contributed by atoms with van der Waals surface area (Å²) in [6.07, 6.45) is -3.49. The third-order valence-electron chi connectivity index (χ3n) is 0.805. The quantitative estimate of drug-likeness (QED) is 0.403. The van der Waals surface area contributed by atoms with Gasteiger partial charge in [-0.2, -0.15) is 0 Å². The van der Waals surface area contributed by atoms with Gasteiger partial charge in [0.25, 0.3) is 0 Å². The van der Waals surface area contributed by atoms with Crippen molar-refractivity contribution in [3.05, 3.63) is 0 Å². The zero-order chi connectivity index (χ0) is 7.44. The Balaban J connectivity index is 0. The molecule has 10 heavy (non-hydrogen) atoms. The smallest absolute Gasteiger partial charge is 0.335 e. The lowest BCUT2D eigenvalue weighted by atomic mass is 10.2. The van der Waals surface area contributed by atoms with Gasteiger partial charge in [0.05, 0.1) is 6.61 Å². The van der Waals surface area contributed by atoms with E-state index < -0.39 is 24.8 Å². The summed E-state index contributed by atoms with van der Waals surface area (Å²) in [4.78, 5) is 9.78. The van der Waals surface area contributed by atoms with Crippen LogP contribution < -0.4 is 0 Å². The molecule has 0 heterocycles. The molecule has 0 fully saturated rings. The number of aliphatic carboxylic acids is 1. The second kappa shape index (κ2) is 5.43. The van der Waals surface area contributed by atoms with Gasteiger partial charge >= 0.3 is 5.97 Å². The van der Waals surface area contributed by atoms with Crippen molar-refractivity contribution in [2.75, 3.05) is 6.61 Å². The average molecular weight is 173 g/mol. The summed E-state index contributed by atoms with van der Waals surface area (Å²) in [5, 5.41) is 32.8. The van der Waals surface area contributed by atoms with Gasteiger partial charge in [0.1, 0.15) is 6.10 Å². The van der Waals surface area contributed by atoms with Gasteiger partial charge in [-0.1, -0.05) is 0 Å². The van der Waals surface area contributed by atoms with Gasteiger partial charge < -0.3 is 20.4 Å². The van der Waals surface area contributed by atoms with Crippen molar-refractivity contribution in [2.24, 2.45) is 0 Å². The first-order valence-electron chi connectivity index (χ1n) is 2.29. The number of aliphatic hydroxyl groups excluding tert-OH is 3. The number of halogens is 1. The molecule has 2 atom stereocenters. The van der Waals surface area contributed by atoms with Gasteiger partial charge in [0, 0.05) is 0 Å². The molecule has 0 amide bonds. The number of hydrogen-bond acceptors (Lipinski definition) is 4. The number of carboxylic acids is 1. The van der Waals surface area contributed by atoms with Crippen molar-refractivity contribution in [3.63, 3.8) is 0 Å². The van der Waals surface area contributed by atoms with Crippen molar-refractivity contribution < 1.29 is 25.2 Å². The Bertz CT molecular complexity index is 106. The first-order valence-corrected chi connectivity index (χ1v) is 2.29. The van der Waals surface area contributed by atoms with Gasteiger partial charge in [0.2, 0.25) is 0 Å². The van der Waals surface area contributed by atoms with Crippen LogP contribution in [-0.4, -0.2) is 45.2 Å². The topological polar surface area (TPSA) is 98.0 Å². The maximum absolute atomic E-state index is 9.78. The van der Waals surface area contributed by atoms with Crippen LogP contribution in [0.25, 0.3) is 0 Å². The van der Waals surface area contributed by atoms with E-state index in [0.29, 0.717) is 0 Å². The lowest BCUT2D eigenvalue weighted by Gasteiger charge is -2.09. The highest BCUT2D eigenvalue weighted by atomic mass is 35.5. The summed E-state index contributed by atoms with van der Waals surface area (Å²) in [6, 6.07) is 0. The summed E-state index contributed by atoms with van der Waals surface area (Å²) in [5.74, 6) is -1.54. The van der Waals surface area contributed by atoms with Crippen molar-refractivity contribution in [1.82, 2.24) is 0 Å². The highest BCUT2D eigenvalue weighted by Crippen LogP contribution is 1.90. The van der Waals surface area contributed by atoms with E-state index in [9.17, 15) is 4.79 Å². The Morgan fingerprint density at radius 1 is 1.40 bits per heavy atom. The third kappa shape index (κ3) is 3.62. The second-order valence-electron chi connectivity index (χ2n) is 1.53. The van der Waals surface area contributed by atoms with Crippen LogP contribution >= 0.6 is 12.4 Å². The summed E-state index contributed by atoms with van der Waals surface area (Å²) in [6.45, 7) is -0.756. The standard InChI is InChI=1S/C4H8O5.ClH/c5-1-2(6)3(7)4(8)9;/h2-3,5-7H,1H2,(H,8,9);1H/t2-,3+;/m0./s1. The zero-order valence-electron chi connectivity index (χ0n) is 4.97. The monoisotopic (exact) mass is 172 g/mol. The Hall–Kier alpha value is -0.360. The molecular formula is C4H9ClO5. The molecule has 0 saturated heterocycles. The SMILES string of the molecule is Cl.O=C(O)[C@H](O)[C@@H](O)CO. The van der Waals surface area contributed by atoms with Crippen LogP contribution in [0.2, 0.25) is 0 Å². The van der Waals surface area contributed by atoms with Crippen molar-refractivity contribution >= 4 is 18.4 Å². The van der Waals surface area contributed by atoms with Gasteiger partial charge in [-0.25, -0.2) is 4.79 Å². The van der Waals surface area contributed by atoms with Crippen LogP contribution in [0, 0.1) is 0 Å². The second-order valence-corrected chi connectivity index (χ2v) is 1.53. The molecule has 0 aromatic rings. The summed E-state index contributed by atoms with van der Waals surface area (Å²) >= 11 is 0. The van der Waals surface area contributed by atoms with Gasteiger partial charge in [-0.3, -0.25) is 0 Å². The Morgan fingerprint density at radius 2 is 1.80 bits per heavy atom. The van der Waals surface area contributed by atoms with Crippen LogP contribution in [0.4, 0.5) is 0 Å². The van der Waals surface area contributed by atoms with E-state index in [1.165, 1.54) is 0 Å². The summed E-state index contributed by atoms with van der Waals surface area (Å²) in [5.41, 5.74) is 0. The molecule has 0 bridgehead atoms. The van der Waals surface area contributed by atoms with E-state index in [1.54, 1.807) is 0 Å². The summed E-state index contributed by atoms with van der Waals surface area (Å²) in [7, 11) is 0. The molecule has 0 aromatic heterocycles. The number of carbonyl (C=O) groups is 1. The molecule has 0 aliphatic carbocycles. The fraction of sp³-hybridized carbons (Fsp3) is 0.750.